The van der Waals surface area contributed by atoms with Gasteiger partial charge in [0, 0.05) is 17.6 Å². The predicted molar refractivity (Wildman–Crippen MR) is 82.5 cm³/mol. The largest absolute Gasteiger partial charge is 0.312 e. The molecule has 2 fully saturated rings. The van der Waals surface area contributed by atoms with E-state index in [1.54, 1.807) is 0 Å². The SMILES string of the molecule is CN(C)C1CCN(C2CCC2CNC(C)(C)C)CC1. The zero-order valence-corrected chi connectivity index (χ0v) is 13.6. The molecule has 1 aliphatic carbocycles. The normalized spacial score (nSPS) is 30.6. The molecule has 2 aliphatic rings. The molecule has 1 saturated carbocycles. The Bertz CT molecular complexity index is 274. The summed E-state index contributed by atoms with van der Waals surface area (Å²) in [5.41, 5.74) is 0.262. The maximum absolute atomic E-state index is 3.68. The summed E-state index contributed by atoms with van der Waals surface area (Å²) in [6.45, 7) is 10.6. The van der Waals surface area contributed by atoms with Gasteiger partial charge in [-0.3, -0.25) is 4.90 Å². The highest BCUT2D eigenvalue weighted by atomic mass is 15.2. The molecule has 1 saturated heterocycles. The molecule has 0 radical (unpaired) electrons. The van der Waals surface area contributed by atoms with Crippen molar-refractivity contribution in [3.63, 3.8) is 0 Å². The maximum atomic E-state index is 3.68. The van der Waals surface area contributed by atoms with Crippen LogP contribution in [0, 0.1) is 5.92 Å². The van der Waals surface area contributed by atoms with Gasteiger partial charge in [0.15, 0.2) is 0 Å². The molecule has 2 rings (SSSR count). The molecule has 3 heteroatoms. The summed E-state index contributed by atoms with van der Waals surface area (Å²) in [6.07, 6.45) is 5.54. The van der Waals surface area contributed by atoms with E-state index < -0.39 is 0 Å². The van der Waals surface area contributed by atoms with Crippen LogP contribution in [0.1, 0.15) is 46.5 Å². The summed E-state index contributed by atoms with van der Waals surface area (Å²) in [6, 6.07) is 1.67. The van der Waals surface area contributed by atoms with E-state index in [0.29, 0.717) is 0 Å². The molecule has 3 nitrogen and oxygen atoms in total. The molecule has 1 aliphatic heterocycles. The average molecular weight is 267 g/mol. The molecule has 0 aromatic carbocycles. The van der Waals surface area contributed by atoms with Crippen molar-refractivity contribution >= 4 is 0 Å². The van der Waals surface area contributed by atoms with Crippen LogP contribution in [0.2, 0.25) is 0 Å². The second-order valence-corrected chi connectivity index (χ2v) is 7.77. The molecule has 2 unspecified atom stereocenters. The highest BCUT2D eigenvalue weighted by Crippen LogP contribution is 2.34. The first-order chi connectivity index (χ1) is 8.87. The second kappa shape index (κ2) is 6.11. The topological polar surface area (TPSA) is 18.5 Å². The lowest BCUT2D eigenvalue weighted by atomic mass is 9.77. The Balaban J connectivity index is 1.74. The van der Waals surface area contributed by atoms with Crippen molar-refractivity contribution in [1.82, 2.24) is 15.1 Å². The molecule has 0 bridgehead atoms. The van der Waals surface area contributed by atoms with Gasteiger partial charge in [0.25, 0.3) is 0 Å². The van der Waals surface area contributed by atoms with Gasteiger partial charge in [-0.05, 0) is 86.1 Å². The molecule has 1 N–H and O–H groups in total. The van der Waals surface area contributed by atoms with E-state index in [1.165, 1.54) is 45.3 Å². The van der Waals surface area contributed by atoms with Crippen LogP contribution in [0.15, 0.2) is 0 Å². The van der Waals surface area contributed by atoms with Crippen molar-refractivity contribution in [3.05, 3.63) is 0 Å². The quantitative estimate of drug-likeness (QED) is 0.842. The van der Waals surface area contributed by atoms with E-state index in [-0.39, 0.29) is 5.54 Å². The van der Waals surface area contributed by atoms with E-state index in [1.807, 2.05) is 0 Å². The Kier molecular flexibility index (Phi) is 4.91. The molecule has 112 valence electrons. The lowest BCUT2D eigenvalue weighted by molar-refractivity contribution is 0.0257. The summed E-state index contributed by atoms with van der Waals surface area (Å²) in [5.74, 6) is 0.884. The van der Waals surface area contributed by atoms with Crippen LogP contribution in [0.4, 0.5) is 0 Å². The molecule has 0 aromatic heterocycles. The molecule has 0 spiro atoms. The van der Waals surface area contributed by atoms with Crippen molar-refractivity contribution in [3.8, 4) is 0 Å². The van der Waals surface area contributed by atoms with E-state index in [2.05, 4.69) is 50.0 Å². The zero-order chi connectivity index (χ0) is 14.0. The fourth-order valence-corrected chi connectivity index (χ4v) is 3.44. The standard InChI is InChI=1S/C16H33N3/c1-16(2,3)17-12-13-6-7-15(13)19-10-8-14(9-11-19)18(4)5/h13-15,17H,6-12H2,1-5H3. The van der Waals surface area contributed by atoms with E-state index in [4.69, 9.17) is 0 Å². The van der Waals surface area contributed by atoms with Crippen molar-refractivity contribution in [1.29, 1.82) is 0 Å². The third kappa shape index (κ3) is 4.17. The first-order valence-electron chi connectivity index (χ1n) is 8.02. The van der Waals surface area contributed by atoms with E-state index in [0.717, 1.165) is 18.0 Å². The minimum Gasteiger partial charge on any atom is -0.312 e. The van der Waals surface area contributed by atoms with Crippen molar-refractivity contribution in [2.45, 2.75) is 64.1 Å². The first kappa shape index (κ1) is 15.3. The van der Waals surface area contributed by atoms with Gasteiger partial charge in [0.1, 0.15) is 0 Å². The van der Waals surface area contributed by atoms with E-state index >= 15 is 0 Å². The molecule has 19 heavy (non-hydrogen) atoms. The highest BCUT2D eigenvalue weighted by molar-refractivity contribution is 4.93. The summed E-state index contributed by atoms with van der Waals surface area (Å²) in [4.78, 5) is 5.16. The zero-order valence-electron chi connectivity index (χ0n) is 13.6. The van der Waals surface area contributed by atoms with Crippen LogP contribution in [0.3, 0.4) is 0 Å². The van der Waals surface area contributed by atoms with Gasteiger partial charge in [0.05, 0.1) is 0 Å². The summed E-state index contributed by atoms with van der Waals surface area (Å²) in [7, 11) is 4.44. The lowest BCUT2D eigenvalue weighted by Crippen LogP contribution is -2.55. The summed E-state index contributed by atoms with van der Waals surface area (Å²) in [5, 5.41) is 3.68. The van der Waals surface area contributed by atoms with Gasteiger partial charge in [-0.25, -0.2) is 0 Å². The predicted octanol–water partition coefficient (Wildman–Crippen LogP) is 2.18. The number of nitrogens with zero attached hydrogens (tertiary/aromatic N) is 2. The highest BCUT2D eigenvalue weighted by Gasteiger charge is 2.37. The summed E-state index contributed by atoms with van der Waals surface area (Å²) >= 11 is 0. The summed E-state index contributed by atoms with van der Waals surface area (Å²) < 4.78 is 0. The van der Waals surface area contributed by atoms with Crippen LogP contribution in [-0.4, -0.2) is 61.2 Å². The Morgan fingerprint density at radius 3 is 2.11 bits per heavy atom. The molecule has 2 atom stereocenters. The Morgan fingerprint density at radius 1 is 1.05 bits per heavy atom. The Hall–Kier alpha value is -0.120. The Morgan fingerprint density at radius 2 is 1.68 bits per heavy atom. The third-order valence-electron chi connectivity index (χ3n) is 4.97. The number of piperidine rings is 1. The number of likely N-dealkylation sites (tertiary alicyclic amines) is 1. The second-order valence-electron chi connectivity index (χ2n) is 7.77. The van der Waals surface area contributed by atoms with Crippen molar-refractivity contribution in [2.24, 2.45) is 5.92 Å². The minimum absolute atomic E-state index is 0.262. The molecule has 0 amide bonds. The smallest absolute Gasteiger partial charge is 0.0136 e. The first-order valence-corrected chi connectivity index (χ1v) is 8.02. The van der Waals surface area contributed by atoms with Crippen molar-refractivity contribution < 1.29 is 0 Å². The minimum atomic E-state index is 0.262. The third-order valence-corrected chi connectivity index (χ3v) is 4.97. The lowest BCUT2D eigenvalue weighted by Gasteiger charge is -2.48. The molecular weight excluding hydrogens is 234 g/mol. The number of hydrogen-bond donors (Lipinski definition) is 1. The molecule has 0 aromatic rings. The molecular formula is C16H33N3. The van der Waals surface area contributed by atoms with Gasteiger partial charge < -0.3 is 10.2 Å². The van der Waals surface area contributed by atoms with Crippen molar-refractivity contribution in [2.75, 3.05) is 33.7 Å². The number of hydrogen-bond acceptors (Lipinski definition) is 3. The van der Waals surface area contributed by atoms with Crippen LogP contribution in [-0.2, 0) is 0 Å². The van der Waals surface area contributed by atoms with Gasteiger partial charge in [-0.1, -0.05) is 0 Å². The molecule has 1 heterocycles. The fourth-order valence-electron chi connectivity index (χ4n) is 3.44. The number of rotatable bonds is 4. The maximum Gasteiger partial charge on any atom is 0.0136 e. The van der Waals surface area contributed by atoms with Gasteiger partial charge in [0.2, 0.25) is 0 Å². The van der Waals surface area contributed by atoms with Gasteiger partial charge in [-0.2, -0.15) is 0 Å². The monoisotopic (exact) mass is 267 g/mol. The Labute approximate surface area is 119 Å². The average Bonchev–Trinajstić information content (AvgIpc) is 2.26. The van der Waals surface area contributed by atoms with Crippen LogP contribution >= 0.6 is 0 Å². The van der Waals surface area contributed by atoms with E-state index in [9.17, 15) is 0 Å². The van der Waals surface area contributed by atoms with Gasteiger partial charge in [-0.15, -0.1) is 0 Å². The van der Waals surface area contributed by atoms with Crippen LogP contribution in [0.5, 0.6) is 0 Å². The number of nitrogens with one attached hydrogen (secondary N) is 1. The van der Waals surface area contributed by atoms with Crippen LogP contribution < -0.4 is 5.32 Å². The fraction of sp³-hybridized carbons (Fsp3) is 1.00. The van der Waals surface area contributed by atoms with Gasteiger partial charge >= 0.3 is 0 Å². The van der Waals surface area contributed by atoms with Crippen LogP contribution in [0.25, 0.3) is 0 Å².